The van der Waals surface area contributed by atoms with Crippen LogP contribution in [0.3, 0.4) is 0 Å². The summed E-state index contributed by atoms with van der Waals surface area (Å²) in [6.45, 7) is 3.39. The maximum Gasteiger partial charge on any atom is 0.308 e. The number of fused-ring (bicyclic) bond motifs is 1. The third-order valence-corrected chi connectivity index (χ3v) is 7.57. The van der Waals surface area contributed by atoms with Gasteiger partial charge in [-0.05, 0) is 38.2 Å². The number of likely N-dealkylation sites (tertiary alicyclic amines) is 1. The lowest BCUT2D eigenvalue weighted by Gasteiger charge is -2.30. The van der Waals surface area contributed by atoms with Crippen LogP contribution in [-0.4, -0.2) is 55.0 Å². The number of thiazole rings is 1. The van der Waals surface area contributed by atoms with Gasteiger partial charge in [0.1, 0.15) is 4.01 Å². The van der Waals surface area contributed by atoms with Crippen LogP contribution in [0.5, 0.6) is 0 Å². The van der Waals surface area contributed by atoms with E-state index in [1.807, 2.05) is 11.0 Å². The minimum atomic E-state index is -0.164. The summed E-state index contributed by atoms with van der Waals surface area (Å²) in [6, 6.07) is 1.93. The molecule has 2 aliphatic heterocycles. The fourth-order valence-corrected chi connectivity index (χ4v) is 5.98. The van der Waals surface area contributed by atoms with Crippen molar-refractivity contribution in [3.05, 3.63) is 10.9 Å². The van der Waals surface area contributed by atoms with Gasteiger partial charge in [0, 0.05) is 26.2 Å². The summed E-state index contributed by atoms with van der Waals surface area (Å²) in [5, 5.41) is 1.09. The van der Waals surface area contributed by atoms with E-state index >= 15 is 0 Å². The summed E-state index contributed by atoms with van der Waals surface area (Å²) in [7, 11) is 1.42. The Balaban J connectivity index is 1.43. The highest BCUT2D eigenvalue weighted by Crippen LogP contribution is 2.36. The molecule has 4 rings (SSSR count). The number of hydrogen-bond donors (Lipinski definition) is 0. The topological polar surface area (TPSA) is 62.7 Å². The second-order valence-electron chi connectivity index (χ2n) is 6.92. The number of ether oxygens (including phenoxy) is 1. The second-order valence-corrected chi connectivity index (χ2v) is 9.21. The van der Waals surface area contributed by atoms with E-state index in [4.69, 9.17) is 9.72 Å². The lowest BCUT2D eigenvalue weighted by Crippen LogP contribution is -2.40. The summed E-state index contributed by atoms with van der Waals surface area (Å²) in [5.41, 5.74) is 0.938. The van der Waals surface area contributed by atoms with Gasteiger partial charge < -0.3 is 14.5 Å². The van der Waals surface area contributed by atoms with Crippen LogP contribution in [-0.2, 0) is 9.53 Å². The van der Waals surface area contributed by atoms with Crippen LogP contribution in [0.25, 0.3) is 9.53 Å². The molecular weight excluding hydrogens is 370 g/mol. The molecule has 0 N–H and O–H groups in total. The minimum Gasteiger partial charge on any atom is -0.469 e. The average molecular weight is 394 g/mol. The molecule has 0 bridgehead atoms. The Labute approximate surface area is 160 Å². The Bertz CT molecular complexity index is 770. The summed E-state index contributed by atoms with van der Waals surface area (Å²) in [4.78, 5) is 34.1. The van der Waals surface area contributed by atoms with E-state index in [2.05, 4.69) is 4.90 Å². The molecule has 1 amide bonds. The van der Waals surface area contributed by atoms with Crippen molar-refractivity contribution in [2.24, 2.45) is 5.92 Å². The van der Waals surface area contributed by atoms with Gasteiger partial charge in [0.25, 0.3) is 5.91 Å². The Kier molecular flexibility index (Phi) is 5.13. The summed E-state index contributed by atoms with van der Waals surface area (Å²) < 4.78 is 5.93. The van der Waals surface area contributed by atoms with Crippen LogP contribution >= 0.6 is 22.7 Å². The number of aromatic nitrogens is 1. The molecule has 2 aromatic rings. The highest BCUT2D eigenvalue weighted by molar-refractivity contribution is 7.40. The van der Waals surface area contributed by atoms with Crippen LogP contribution in [0.2, 0.25) is 0 Å². The molecule has 0 spiro atoms. The predicted octanol–water partition coefficient (Wildman–Crippen LogP) is 3.37. The molecule has 2 aromatic heterocycles. The molecule has 26 heavy (non-hydrogen) atoms. The first-order chi connectivity index (χ1) is 12.7. The van der Waals surface area contributed by atoms with Crippen molar-refractivity contribution in [2.45, 2.75) is 32.1 Å². The van der Waals surface area contributed by atoms with E-state index in [1.54, 1.807) is 22.7 Å². The van der Waals surface area contributed by atoms with Gasteiger partial charge in [-0.2, -0.15) is 0 Å². The van der Waals surface area contributed by atoms with E-state index < -0.39 is 0 Å². The molecule has 2 fully saturated rings. The Morgan fingerprint density at radius 1 is 1.12 bits per heavy atom. The second kappa shape index (κ2) is 7.52. The molecule has 0 atom stereocenters. The number of methoxy groups -OCH3 is 1. The molecule has 4 heterocycles. The zero-order valence-electron chi connectivity index (χ0n) is 14.9. The maximum atomic E-state index is 12.8. The number of rotatable bonds is 3. The minimum absolute atomic E-state index is 0.0584. The number of carbonyl (C=O) groups excluding carboxylic acids is 2. The van der Waals surface area contributed by atoms with Crippen molar-refractivity contribution >= 4 is 49.2 Å². The van der Waals surface area contributed by atoms with E-state index in [1.165, 1.54) is 26.4 Å². The largest absolute Gasteiger partial charge is 0.469 e. The maximum absolute atomic E-state index is 12.8. The fourth-order valence-electron chi connectivity index (χ4n) is 3.69. The summed E-state index contributed by atoms with van der Waals surface area (Å²) in [5.74, 6) is -0.184. The Morgan fingerprint density at radius 2 is 1.85 bits per heavy atom. The molecule has 8 heteroatoms. The van der Waals surface area contributed by atoms with Gasteiger partial charge in [0.15, 0.2) is 5.13 Å². The molecule has 0 aromatic carbocycles. The number of nitrogens with zero attached hydrogens (tertiary/aromatic N) is 3. The van der Waals surface area contributed by atoms with Crippen LogP contribution in [0.15, 0.2) is 6.07 Å². The zero-order chi connectivity index (χ0) is 18.1. The quantitative estimate of drug-likeness (QED) is 0.748. The van der Waals surface area contributed by atoms with E-state index in [0.717, 1.165) is 32.6 Å². The van der Waals surface area contributed by atoms with Gasteiger partial charge in [-0.15, -0.1) is 11.3 Å². The standard InChI is InChI=1S/C18H23N3O3S2/c1-24-16(23)12-5-9-20(10-6-12)15(22)14-11-13-17(25-14)26-18(19-13)21-7-3-2-4-8-21/h11-12H,2-10H2,1H3. The molecule has 0 aliphatic carbocycles. The molecule has 140 valence electrons. The molecule has 6 nitrogen and oxygen atoms in total. The molecule has 0 unspecified atom stereocenters. The molecule has 0 radical (unpaired) electrons. The third kappa shape index (κ3) is 3.44. The number of thiophene rings is 1. The predicted molar refractivity (Wildman–Crippen MR) is 104 cm³/mol. The molecule has 0 saturated carbocycles. The third-order valence-electron chi connectivity index (χ3n) is 5.23. The highest BCUT2D eigenvalue weighted by Gasteiger charge is 2.29. The van der Waals surface area contributed by atoms with Crippen molar-refractivity contribution in [2.75, 3.05) is 38.2 Å². The van der Waals surface area contributed by atoms with Crippen LogP contribution in [0.4, 0.5) is 5.13 Å². The average Bonchev–Trinajstić information content (AvgIpc) is 3.27. The van der Waals surface area contributed by atoms with Crippen molar-refractivity contribution in [1.82, 2.24) is 9.88 Å². The van der Waals surface area contributed by atoms with Crippen molar-refractivity contribution in [3.63, 3.8) is 0 Å². The molecular formula is C18H23N3O3S2. The van der Waals surface area contributed by atoms with Crippen molar-refractivity contribution in [3.8, 4) is 0 Å². The number of amides is 1. The van der Waals surface area contributed by atoms with Crippen LogP contribution in [0, 0.1) is 5.92 Å². The van der Waals surface area contributed by atoms with Crippen molar-refractivity contribution in [1.29, 1.82) is 0 Å². The lowest BCUT2D eigenvalue weighted by atomic mass is 9.97. The van der Waals surface area contributed by atoms with Gasteiger partial charge in [0.2, 0.25) is 0 Å². The summed E-state index contributed by atoms with van der Waals surface area (Å²) in [6.07, 6.45) is 5.13. The van der Waals surface area contributed by atoms with E-state index in [-0.39, 0.29) is 17.8 Å². The smallest absolute Gasteiger partial charge is 0.308 e. The first-order valence-corrected chi connectivity index (χ1v) is 10.8. The van der Waals surface area contributed by atoms with Gasteiger partial charge in [-0.1, -0.05) is 11.3 Å². The first kappa shape index (κ1) is 17.7. The molecule has 2 aliphatic rings. The van der Waals surface area contributed by atoms with Crippen LogP contribution < -0.4 is 4.90 Å². The van der Waals surface area contributed by atoms with Gasteiger partial charge in [-0.25, -0.2) is 4.98 Å². The zero-order valence-corrected chi connectivity index (χ0v) is 16.5. The van der Waals surface area contributed by atoms with Gasteiger partial charge in [-0.3, -0.25) is 9.59 Å². The number of carbonyl (C=O) groups is 2. The lowest BCUT2D eigenvalue weighted by molar-refractivity contribution is -0.146. The number of hydrogen-bond acceptors (Lipinski definition) is 7. The van der Waals surface area contributed by atoms with E-state index in [9.17, 15) is 9.59 Å². The first-order valence-electron chi connectivity index (χ1n) is 9.18. The number of esters is 1. The van der Waals surface area contributed by atoms with Gasteiger partial charge in [0.05, 0.1) is 23.4 Å². The van der Waals surface area contributed by atoms with E-state index in [0.29, 0.717) is 25.9 Å². The number of anilines is 1. The van der Waals surface area contributed by atoms with Crippen LogP contribution in [0.1, 0.15) is 41.8 Å². The fraction of sp³-hybridized carbons (Fsp3) is 0.611. The number of piperidine rings is 2. The Morgan fingerprint density at radius 3 is 2.50 bits per heavy atom. The normalized spacial score (nSPS) is 19.1. The monoisotopic (exact) mass is 393 g/mol. The highest BCUT2D eigenvalue weighted by atomic mass is 32.2. The molecule has 2 saturated heterocycles. The summed E-state index contributed by atoms with van der Waals surface area (Å²) >= 11 is 3.24. The van der Waals surface area contributed by atoms with Gasteiger partial charge >= 0.3 is 5.97 Å². The van der Waals surface area contributed by atoms with Crippen molar-refractivity contribution < 1.29 is 14.3 Å². The SMILES string of the molecule is COC(=O)C1CCN(C(=O)c2cc3nc(N4CCCCC4)sc3s2)CC1. The Hall–Kier alpha value is -1.67.